The number of carboxylic acids is 1. The maximum Gasteiger partial charge on any atom is 0.326 e. The lowest BCUT2D eigenvalue weighted by atomic mass is 10.1. The number of H-pyrrole nitrogens is 1. The normalized spacial score (nSPS) is 14.1. The molecular formula is C24H35N7O5S. The maximum absolute atomic E-state index is 13.0. The SMILES string of the molecule is NCCCCC(NC(=O)C(CS)NC(=O)C(N)Cc1ccccc1)C(=O)NC(Cc1cnc[nH]1)C(=O)O. The number of benzene rings is 1. The molecule has 202 valence electrons. The van der Waals surface area contributed by atoms with Crippen molar-refractivity contribution in [3.05, 3.63) is 54.1 Å². The highest BCUT2D eigenvalue weighted by Gasteiger charge is 2.30. The average Bonchev–Trinajstić information content (AvgIpc) is 3.39. The fraction of sp³-hybridized carbons (Fsp3) is 0.458. The van der Waals surface area contributed by atoms with Crippen LogP contribution >= 0.6 is 12.6 Å². The summed E-state index contributed by atoms with van der Waals surface area (Å²) in [6, 6.07) is 5.00. The third-order valence-electron chi connectivity index (χ3n) is 5.62. The van der Waals surface area contributed by atoms with Gasteiger partial charge in [-0.05, 0) is 37.8 Å². The molecule has 1 aromatic heterocycles. The highest BCUT2D eigenvalue weighted by molar-refractivity contribution is 7.80. The van der Waals surface area contributed by atoms with E-state index in [1.54, 1.807) is 0 Å². The van der Waals surface area contributed by atoms with Gasteiger partial charge in [-0.1, -0.05) is 30.3 Å². The van der Waals surface area contributed by atoms with Crippen LogP contribution in [0.25, 0.3) is 0 Å². The van der Waals surface area contributed by atoms with E-state index in [4.69, 9.17) is 11.5 Å². The van der Waals surface area contributed by atoms with Crippen molar-refractivity contribution in [1.82, 2.24) is 25.9 Å². The van der Waals surface area contributed by atoms with Gasteiger partial charge in [0.2, 0.25) is 17.7 Å². The van der Waals surface area contributed by atoms with Gasteiger partial charge in [-0.3, -0.25) is 14.4 Å². The summed E-state index contributed by atoms with van der Waals surface area (Å²) in [5.74, 6) is -3.11. The van der Waals surface area contributed by atoms with Crippen molar-refractivity contribution in [2.75, 3.05) is 12.3 Å². The quantitative estimate of drug-likeness (QED) is 0.100. The van der Waals surface area contributed by atoms with Crippen molar-refractivity contribution in [2.45, 2.75) is 56.3 Å². The van der Waals surface area contributed by atoms with Gasteiger partial charge in [-0.15, -0.1) is 0 Å². The van der Waals surface area contributed by atoms with Gasteiger partial charge in [0.05, 0.1) is 12.4 Å². The highest BCUT2D eigenvalue weighted by atomic mass is 32.1. The molecule has 37 heavy (non-hydrogen) atoms. The van der Waals surface area contributed by atoms with Crippen LogP contribution in [0.1, 0.15) is 30.5 Å². The Morgan fingerprint density at radius 3 is 2.19 bits per heavy atom. The van der Waals surface area contributed by atoms with Crippen LogP contribution in [0.4, 0.5) is 0 Å². The second kappa shape index (κ2) is 15.6. The number of imidazole rings is 1. The number of unbranched alkanes of at least 4 members (excludes halogenated alkanes) is 1. The molecule has 2 aromatic rings. The topological polar surface area (TPSA) is 205 Å². The first-order valence-electron chi connectivity index (χ1n) is 12.0. The Bertz CT molecular complexity index is 1010. The molecule has 1 aromatic carbocycles. The van der Waals surface area contributed by atoms with Gasteiger partial charge < -0.3 is 37.5 Å². The van der Waals surface area contributed by atoms with Gasteiger partial charge >= 0.3 is 5.97 Å². The van der Waals surface area contributed by atoms with E-state index in [1.807, 2.05) is 30.3 Å². The molecule has 0 spiro atoms. The Morgan fingerprint density at radius 1 is 0.946 bits per heavy atom. The number of hydrogen-bond acceptors (Lipinski definition) is 8. The van der Waals surface area contributed by atoms with Crippen molar-refractivity contribution >= 4 is 36.3 Å². The van der Waals surface area contributed by atoms with E-state index in [9.17, 15) is 24.3 Å². The number of hydrogen-bond donors (Lipinski definition) is 8. The van der Waals surface area contributed by atoms with Gasteiger partial charge in [-0.2, -0.15) is 12.6 Å². The van der Waals surface area contributed by atoms with Crippen LogP contribution in [0, 0.1) is 0 Å². The Balaban J connectivity index is 2.03. The molecule has 0 saturated carbocycles. The first kappa shape index (κ1) is 29.8. The zero-order chi connectivity index (χ0) is 27.2. The summed E-state index contributed by atoms with van der Waals surface area (Å²) >= 11 is 4.17. The largest absolute Gasteiger partial charge is 0.480 e. The first-order chi connectivity index (χ1) is 17.7. The maximum atomic E-state index is 13.0. The number of aliphatic carboxylic acids is 1. The number of carbonyl (C=O) groups excluding carboxylic acids is 3. The van der Waals surface area contributed by atoms with Crippen molar-refractivity contribution < 1.29 is 24.3 Å². The van der Waals surface area contributed by atoms with Crippen molar-refractivity contribution in [1.29, 1.82) is 0 Å². The Morgan fingerprint density at radius 2 is 1.59 bits per heavy atom. The second-order valence-corrected chi connectivity index (χ2v) is 8.93. The Labute approximate surface area is 220 Å². The van der Waals surface area contributed by atoms with Crippen LogP contribution < -0.4 is 27.4 Å². The van der Waals surface area contributed by atoms with Crippen LogP contribution in [0.3, 0.4) is 0 Å². The smallest absolute Gasteiger partial charge is 0.326 e. The molecule has 0 fully saturated rings. The number of carbonyl (C=O) groups is 4. The third-order valence-corrected chi connectivity index (χ3v) is 5.99. The van der Waals surface area contributed by atoms with Crippen LogP contribution in [-0.4, -0.2) is 75.2 Å². The van der Waals surface area contributed by atoms with Gasteiger partial charge in [0.1, 0.15) is 18.1 Å². The standard InChI is InChI=1S/C24H35N7O5S/c25-9-5-4-8-18(22(33)30-19(24(35)36)11-16-12-27-14-28-16)29-23(34)20(13-37)31-21(32)17(26)10-15-6-2-1-3-7-15/h1-3,6-7,12,14,17-20,37H,4-5,8-11,13,25-26H2,(H,27,28)(H,29,34)(H,30,33)(H,31,32)(H,35,36). The number of thiol groups is 1. The zero-order valence-electron chi connectivity index (χ0n) is 20.4. The molecule has 2 rings (SSSR count). The number of nitrogens with zero attached hydrogens (tertiary/aromatic N) is 1. The molecule has 9 N–H and O–H groups in total. The predicted molar refractivity (Wildman–Crippen MR) is 141 cm³/mol. The van der Waals surface area contributed by atoms with E-state index in [0.29, 0.717) is 25.1 Å². The van der Waals surface area contributed by atoms with Crippen molar-refractivity contribution in [2.24, 2.45) is 11.5 Å². The minimum Gasteiger partial charge on any atom is -0.480 e. The molecule has 1 heterocycles. The van der Waals surface area contributed by atoms with Gasteiger partial charge in [0, 0.05) is 24.1 Å². The van der Waals surface area contributed by atoms with Crippen molar-refractivity contribution in [3.8, 4) is 0 Å². The molecular weight excluding hydrogens is 498 g/mol. The van der Waals surface area contributed by atoms with E-state index >= 15 is 0 Å². The van der Waals surface area contributed by atoms with E-state index in [0.717, 1.165) is 5.56 Å². The third kappa shape index (κ3) is 10.2. The summed E-state index contributed by atoms with van der Waals surface area (Å²) in [7, 11) is 0. The summed E-state index contributed by atoms with van der Waals surface area (Å²) in [5, 5.41) is 17.2. The lowest BCUT2D eigenvalue weighted by Crippen LogP contribution is -2.58. The van der Waals surface area contributed by atoms with Crippen molar-refractivity contribution in [3.63, 3.8) is 0 Å². The number of nitrogens with one attached hydrogen (secondary N) is 4. The number of amides is 3. The second-order valence-electron chi connectivity index (χ2n) is 8.57. The predicted octanol–water partition coefficient (Wildman–Crippen LogP) is -0.880. The van der Waals surface area contributed by atoms with Gasteiger partial charge in [-0.25, -0.2) is 9.78 Å². The lowest BCUT2D eigenvalue weighted by Gasteiger charge is -2.24. The fourth-order valence-electron chi connectivity index (χ4n) is 3.56. The molecule has 0 bridgehead atoms. The molecule has 0 aliphatic rings. The molecule has 12 nitrogen and oxygen atoms in total. The molecule has 0 saturated heterocycles. The Kier molecular flexibility index (Phi) is 12.6. The lowest BCUT2D eigenvalue weighted by molar-refractivity contribution is -0.142. The van der Waals surface area contributed by atoms with Gasteiger partial charge in [0.15, 0.2) is 0 Å². The van der Waals surface area contributed by atoms with Gasteiger partial charge in [0.25, 0.3) is 0 Å². The molecule has 0 aliphatic carbocycles. The van der Waals surface area contributed by atoms with Crippen LogP contribution in [-0.2, 0) is 32.0 Å². The minimum atomic E-state index is -1.24. The Hall–Kier alpha value is -3.42. The summed E-state index contributed by atoms with van der Waals surface area (Å²) < 4.78 is 0. The number of rotatable bonds is 16. The summed E-state index contributed by atoms with van der Waals surface area (Å²) in [6.07, 6.45) is 4.49. The zero-order valence-corrected chi connectivity index (χ0v) is 21.3. The van der Waals surface area contributed by atoms with E-state index in [1.165, 1.54) is 12.5 Å². The summed E-state index contributed by atoms with van der Waals surface area (Å²) in [5.41, 5.74) is 13.0. The minimum absolute atomic E-state index is 0.0147. The highest BCUT2D eigenvalue weighted by Crippen LogP contribution is 2.06. The monoisotopic (exact) mass is 533 g/mol. The van der Waals surface area contributed by atoms with E-state index in [2.05, 4.69) is 38.5 Å². The molecule has 0 radical (unpaired) electrons. The van der Waals surface area contributed by atoms with Crippen LogP contribution in [0.2, 0.25) is 0 Å². The first-order valence-corrected chi connectivity index (χ1v) is 12.6. The van der Waals surface area contributed by atoms with E-state index in [-0.39, 0.29) is 25.0 Å². The molecule has 4 atom stereocenters. The molecule has 13 heteroatoms. The fourth-order valence-corrected chi connectivity index (χ4v) is 3.81. The van der Waals surface area contributed by atoms with Crippen LogP contribution in [0.5, 0.6) is 0 Å². The number of carboxylic acid groups (broad SMARTS) is 1. The average molecular weight is 534 g/mol. The summed E-state index contributed by atoms with van der Waals surface area (Å²) in [4.78, 5) is 56.9. The number of nitrogens with two attached hydrogens (primary N) is 2. The number of aromatic amines is 1. The molecule has 4 unspecified atom stereocenters. The molecule has 3 amide bonds. The molecule has 0 aliphatic heterocycles. The van der Waals surface area contributed by atoms with E-state index < -0.39 is 47.9 Å². The summed E-state index contributed by atoms with van der Waals surface area (Å²) in [6.45, 7) is 0.397. The van der Waals surface area contributed by atoms with Crippen LogP contribution in [0.15, 0.2) is 42.9 Å². The number of aromatic nitrogens is 2.